The maximum absolute atomic E-state index is 6.00. The lowest BCUT2D eigenvalue weighted by molar-refractivity contribution is 0.204. The summed E-state index contributed by atoms with van der Waals surface area (Å²) in [4.78, 5) is 12.3. The second-order valence-electron chi connectivity index (χ2n) is 9.21. The van der Waals surface area contributed by atoms with Crippen molar-refractivity contribution in [2.24, 2.45) is 0 Å². The number of nitrogens with zero attached hydrogens (tertiary/aromatic N) is 4. The third-order valence-corrected chi connectivity index (χ3v) is 7.36. The smallest absolute Gasteiger partial charge is 0.298 e. The van der Waals surface area contributed by atoms with E-state index in [9.17, 15) is 0 Å². The van der Waals surface area contributed by atoms with Crippen molar-refractivity contribution in [2.75, 3.05) is 36.0 Å². The van der Waals surface area contributed by atoms with Gasteiger partial charge in [0, 0.05) is 44.0 Å². The summed E-state index contributed by atoms with van der Waals surface area (Å²) < 4.78 is 6.00. The van der Waals surface area contributed by atoms with Crippen LogP contribution in [0.5, 0.6) is 0 Å². The molecular weight excluding hydrogens is 372 g/mol. The Morgan fingerprint density at radius 2 is 1.90 bits per heavy atom. The van der Waals surface area contributed by atoms with Crippen LogP contribution in [0.1, 0.15) is 37.3 Å². The first kappa shape index (κ1) is 18.3. The summed E-state index contributed by atoms with van der Waals surface area (Å²) in [7, 11) is 0. The van der Waals surface area contributed by atoms with Crippen LogP contribution in [0, 0.1) is 0 Å². The summed E-state index contributed by atoms with van der Waals surface area (Å²) in [5.74, 6) is 0. The number of para-hydroxylation sites is 2. The van der Waals surface area contributed by atoms with Gasteiger partial charge in [-0.3, -0.25) is 4.90 Å². The number of hydrogen-bond acceptors (Lipinski definition) is 5. The van der Waals surface area contributed by atoms with Gasteiger partial charge in [0.2, 0.25) is 0 Å². The minimum Gasteiger partial charge on any atom is -0.423 e. The van der Waals surface area contributed by atoms with Gasteiger partial charge >= 0.3 is 0 Å². The number of benzene rings is 2. The average Bonchev–Trinajstić information content (AvgIpc) is 3.51. The largest absolute Gasteiger partial charge is 0.423 e. The summed E-state index contributed by atoms with van der Waals surface area (Å²) in [5.41, 5.74) is 6.08. The summed E-state index contributed by atoms with van der Waals surface area (Å²) >= 11 is 0. The number of aromatic nitrogens is 1. The van der Waals surface area contributed by atoms with Crippen molar-refractivity contribution < 1.29 is 4.42 Å². The SMILES string of the molecule is C[C@H]1CCCN1[C@H]1CCN(c2ccc3c(c2)CCN(c2nc4ccccc4o2)C3)C1. The number of likely N-dealkylation sites (tertiary alicyclic amines) is 1. The van der Waals surface area contributed by atoms with E-state index in [2.05, 4.69) is 44.8 Å². The van der Waals surface area contributed by atoms with Gasteiger partial charge in [-0.2, -0.15) is 4.98 Å². The highest BCUT2D eigenvalue weighted by molar-refractivity contribution is 5.74. The van der Waals surface area contributed by atoms with Gasteiger partial charge in [-0.15, -0.1) is 0 Å². The van der Waals surface area contributed by atoms with Gasteiger partial charge in [0.05, 0.1) is 0 Å². The molecule has 3 aliphatic rings. The van der Waals surface area contributed by atoms with E-state index >= 15 is 0 Å². The number of anilines is 2. The van der Waals surface area contributed by atoms with Crippen LogP contribution in [0.2, 0.25) is 0 Å². The van der Waals surface area contributed by atoms with Crippen molar-refractivity contribution in [3.63, 3.8) is 0 Å². The highest BCUT2D eigenvalue weighted by atomic mass is 16.4. The molecule has 0 N–H and O–H groups in total. The Morgan fingerprint density at radius 1 is 0.967 bits per heavy atom. The van der Waals surface area contributed by atoms with Crippen molar-refractivity contribution in [1.82, 2.24) is 9.88 Å². The Hall–Kier alpha value is -2.53. The van der Waals surface area contributed by atoms with Crippen molar-refractivity contribution in [1.29, 1.82) is 0 Å². The van der Waals surface area contributed by atoms with Gasteiger partial charge in [0.15, 0.2) is 5.58 Å². The normalized spacial score (nSPS) is 24.7. The first-order valence-corrected chi connectivity index (χ1v) is 11.5. The minimum atomic E-state index is 0.730. The molecule has 0 radical (unpaired) electrons. The number of oxazole rings is 1. The van der Waals surface area contributed by atoms with Crippen LogP contribution >= 0.6 is 0 Å². The predicted molar refractivity (Wildman–Crippen MR) is 121 cm³/mol. The lowest BCUT2D eigenvalue weighted by Gasteiger charge is -2.30. The van der Waals surface area contributed by atoms with Gasteiger partial charge in [0.25, 0.3) is 6.01 Å². The molecule has 0 unspecified atom stereocenters. The highest BCUT2D eigenvalue weighted by Crippen LogP contribution is 2.32. The molecule has 3 aliphatic heterocycles. The van der Waals surface area contributed by atoms with Crippen molar-refractivity contribution in [2.45, 2.75) is 51.2 Å². The third-order valence-electron chi connectivity index (χ3n) is 7.36. The van der Waals surface area contributed by atoms with E-state index in [-0.39, 0.29) is 0 Å². The molecule has 0 spiro atoms. The topological polar surface area (TPSA) is 35.8 Å². The Kier molecular flexibility index (Phi) is 4.45. The van der Waals surface area contributed by atoms with Gasteiger partial charge in [0.1, 0.15) is 5.52 Å². The van der Waals surface area contributed by atoms with E-state index in [4.69, 9.17) is 4.42 Å². The molecule has 2 atom stereocenters. The Bertz CT molecular complexity index is 1030. The first-order valence-electron chi connectivity index (χ1n) is 11.5. The molecule has 0 amide bonds. The van der Waals surface area contributed by atoms with E-state index in [1.807, 2.05) is 24.3 Å². The molecule has 0 saturated carbocycles. The van der Waals surface area contributed by atoms with Crippen LogP contribution in [-0.2, 0) is 13.0 Å². The van der Waals surface area contributed by atoms with Crippen molar-refractivity contribution in [3.05, 3.63) is 53.6 Å². The molecule has 2 saturated heterocycles. The zero-order chi connectivity index (χ0) is 20.1. The zero-order valence-electron chi connectivity index (χ0n) is 17.8. The fourth-order valence-electron chi connectivity index (χ4n) is 5.64. The van der Waals surface area contributed by atoms with E-state index in [1.165, 1.54) is 55.7 Å². The van der Waals surface area contributed by atoms with Crippen LogP contribution < -0.4 is 9.80 Å². The molecule has 1 aromatic heterocycles. The maximum Gasteiger partial charge on any atom is 0.298 e. The molecule has 6 rings (SSSR count). The molecular formula is C25H30N4O. The maximum atomic E-state index is 6.00. The van der Waals surface area contributed by atoms with E-state index in [0.29, 0.717) is 0 Å². The summed E-state index contributed by atoms with van der Waals surface area (Å²) in [6.45, 7) is 7.88. The van der Waals surface area contributed by atoms with Gasteiger partial charge in [-0.25, -0.2) is 0 Å². The van der Waals surface area contributed by atoms with Gasteiger partial charge in [-0.1, -0.05) is 18.2 Å². The van der Waals surface area contributed by atoms with Crippen LogP contribution in [0.15, 0.2) is 46.9 Å². The molecule has 0 bridgehead atoms. The second kappa shape index (κ2) is 7.31. The molecule has 156 valence electrons. The molecule has 3 aromatic rings. The molecule has 0 aliphatic carbocycles. The van der Waals surface area contributed by atoms with Gasteiger partial charge in [-0.05, 0) is 74.5 Å². The quantitative estimate of drug-likeness (QED) is 0.647. The highest BCUT2D eigenvalue weighted by Gasteiger charge is 2.33. The molecule has 5 nitrogen and oxygen atoms in total. The Labute approximate surface area is 178 Å². The molecule has 2 aromatic carbocycles. The average molecular weight is 403 g/mol. The standard InChI is InChI=1S/C25H30N4O/c1-18-5-4-12-29(18)22-11-14-27(17-22)21-9-8-20-16-28(13-10-19(20)15-21)25-26-23-6-2-3-7-24(23)30-25/h2-3,6-9,15,18,22H,4-5,10-14,16-17H2,1H3/t18-,22-/m0/s1. The summed E-state index contributed by atoms with van der Waals surface area (Å²) in [6, 6.07) is 17.3. The predicted octanol–water partition coefficient (Wildman–Crippen LogP) is 4.45. The zero-order valence-corrected chi connectivity index (χ0v) is 17.8. The lowest BCUT2D eigenvalue weighted by atomic mass is 9.99. The minimum absolute atomic E-state index is 0.730. The number of hydrogen-bond donors (Lipinski definition) is 0. The number of rotatable bonds is 3. The first-order chi connectivity index (χ1) is 14.7. The molecule has 30 heavy (non-hydrogen) atoms. The van der Waals surface area contributed by atoms with Crippen LogP contribution in [0.25, 0.3) is 11.1 Å². The van der Waals surface area contributed by atoms with E-state index in [0.717, 1.165) is 48.7 Å². The summed E-state index contributed by atoms with van der Waals surface area (Å²) in [5, 5.41) is 0. The lowest BCUT2D eigenvalue weighted by Crippen LogP contribution is -2.39. The molecule has 4 heterocycles. The van der Waals surface area contributed by atoms with Crippen LogP contribution in [0.4, 0.5) is 11.7 Å². The fourth-order valence-corrected chi connectivity index (χ4v) is 5.64. The van der Waals surface area contributed by atoms with Gasteiger partial charge < -0.3 is 14.2 Å². The van der Waals surface area contributed by atoms with Crippen molar-refractivity contribution >= 4 is 22.8 Å². The van der Waals surface area contributed by atoms with Crippen molar-refractivity contribution in [3.8, 4) is 0 Å². The van der Waals surface area contributed by atoms with E-state index in [1.54, 1.807) is 0 Å². The molecule has 2 fully saturated rings. The molecule has 5 heteroatoms. The second-order valence-corrected chi connectivity index (χ2v) is 9.21. The van der Waals surface area contributed by atoms with Crippen LogP contribution in [-0.4, -0.2) is 48.1 Å². The Balaban J connectivity index is 1.17. The number of fused-ring (bicyclic) bond motifs is 2. The third kappa shape index (κ3) is 3.16. The van der Waals surface area contributed by atoms with Crippen LogP contribution in [0.3, 0.4) is 0 Å². The summed E-state index contributed by atoms with van der Waals surface area (Å²) in [6.07, 6.45) is 5.08. The van der Waals surface area contributed by atoms with E-state index < -0.39 is 0 Å². The fraction of sp³-hybridized carbons (Fsp3) is 0.480. The Morgan fingerprint density at radius 3 is 2.77 bits per heavy atom. The monoisotopic (exact) mass is 402 g/mol.